The lowest BCUT2D eigenvalue weighted by molar-refractivity contribution is -0.144. The molecule has 0 fully saturated rings. The van der Waals surface area contributed by atoms with Crippen molar-refractivity contribution in [2.45, 2.75) is 20.3 Å². The second-order valence-electron chi connectivity index (χ2n) is 2.54. The first-order chi connectivity index (χ1) is 6.70. The zero-order valence-corrected chi connectivity index (χ0v) is 9.89. The Morgan fingerprint density at radius 2 is 1.60 bits per heavy atom. The third kappa shape index (κ3) is 11.1. The minimum absolute atomic E-state index is 0. The lowest BCUT2D eigenvalue weighted by Gasteiger charge is -2.04. The minimum Gasteiger partial charge on any atom is -0.466 e. The molecule has 0 aromatic rings. The molecule has 0 aliphatic heterocycles. The van der Waals surface area contributed by atoms with Crippen LogP contribution in [0.25, 0.3) is 0 Å². The van der Waals surface area contributed by atoms with E-state index in [2.05, 4.69) is 10.1 Å². The first-order valence-corrected chi connectivity index (χ1v) is 4.72. The van der Waals surface area contributed by atoms with E-state index in [1.54, 1.807) is 13.8 Å². The maximum Gasteiger partial charge on any atom is 0.319 e. The molecule has 0 unspecified atom stereocenters. The number of carbonyl (C=O) groups is 2. The van der Waals surface area contributed by atoms with Gasteiger partial charge < -0.3 is 14.8 Å². The SMILES string of the molecule is CCOC(=O)CCNCC(=O)OCC.Cl. The smallest absolute Gasteiger partial charge is 0.319 e. The van der Waals surface area contributed by atoms with Crippen LogP contribution < -0.4 is 5.32 Å². The van der Waals surface area contributed by atoms with Gasteiger partial charge >= 0.3 is 11.9 Å². The second kappa shape index (κ2) is 11.3. The van der Waals surface area contributed by atoms with Crippen LogP contribution in [0, 0.1) is 0 Å². The van der Waals surface area contributed by atoms with E-state index in [0.29, 0.717) is 19.8 Å². The highest BCUT2D eigenvalue weighted by atomic mass is 35.5. The number of ether oxygens (including phenoxy) is 2. The number of carbonyl (C=O) groups excluding carboxylic acids is 2. The predicted octanol–water partition coefficient (Wildman–Crippen LogP) is 0.514. The van der Waals surface area contributed by atoms with Crippen molar-refractivity contribution in [3.05, 3.63) is 0 Å². The van der Waals surface area contributed by atoms with Gasteiger partial charge in [0.25, 0.3) is 0 Å². The van der Waals surface area contributed by atoms with Crippen molar-refractivity contribution in [3.8, 4) is 0 Å². The maximum absolute atomic E-state index is 10.8. The summed E-state index contributed by atoms with van der Waals surface area (Å²) in [4.78, 5) is 21.6. The van der Waals surface area contributed by atoms with Crippen LogP contribution in [-0.4, -0.2) is 38.2 Å². The first kappa shape index (κ1) is 16.6. The van der Waals surface area contributed by atoms with Crippen LogP contribution in [0.3, 0.4) is 0 Å². The van der Waals surface area contributed by atoms with Crippen molar-refractivity contribution in [1.29, 1.82) is 0 Å². The van der Waals surface area contributed by atoms with Crippen LogP contribution in [0.15, 0.2) is 0 Å². The van der Waals surface area contributed by atoms with Crippen molar-refractivity contribution in [2.24, 2.45) is 0 Å². The molecule has 0 bridgehead atoms. The van der Waals surface area contributed by atoms with Crippen LogP contribution in [-0.2, 0) is 19.1 Å². The van der Waals surface area contributed by atoms with Crippen LogP contribution in [0.5, 0.6) is 0 Å². The van der Waals surface area contributed by atoms with Crippen molar-refractivity contribution >= 4 is 24.3 Å². The number of rotatable bonds is 7. The van der Waals surface area contributed by atoms with E-state index < -0.39 is 0 Å². The Bertz CT molecular complexity index is 167. The van der Waals surface area contributed by atoms with Gasteiger partial charge in [-0.1, -0.05) is 0 Å². The maximum atomic E-state index is 10.8. The quantitative estimate of drug-likeness (QED) is 0.518. The number of esters is 2. The summed E-state index contributed by atoms with van der Waals surface area (Å²) in [5.41, 5.74) is 0. The lowest BCUT2D eigenvalue weighted by Crippen LogP contribution is -2.27. The monoisotopic (exact) mass is 239 g/mol. The summed E-state index contributed by atoms with van der Waals surface area (Å²) in [7, 11) is 0. The van der Waals surface area contributed by atoms with E-state index in [1.807, 2.05) is 0 Å². The zero-order valence-electron chi connectivity index (χ0n) is 9.08. The summed E-state index contributed by atoms with van der Waals surface area (Å²) >= 11 is 0. The molecule has 5 nitrogen and oxygen atoms in total. The first-order valence-electron chi connectivity index (χ1n) is 4.72. The van der Waals surface area contributed by atoms with E-state index >= 15 is 0 Å². The molecule has 0 aliphatic carbocycles. The van der Waals surface area contributed by atoms with Crippen molar-refractivity contribution in [2.75, 3.05) is 26.3 Å². The molecule has 0 heterocycles. The number of halogens is 1. The third-order valence-electron chi connectivity index (χ3n) is 1.39. The van der Waals surface area contributed by atoms with Crippen molar-refractivity contribution in [1.82, 2.24) is 5.32 Å². The predicted molar refractivity (Wildman–Crippen MR) is 58.0 cm³/mol. The fourth-order valence-corrected chi connectivity index (χ4v) is 0.826. The van der Waals surface area contributed by atoms with Gasteiger partial charge in [0.05, 0.1) is 26.2 Å². The van der Waals surface area contributed by atoms with Crippen LogP contribution in [0.2, 0.25) is 0 Å². The number of hydrogen-bond donors (Lipinski definition) is 1. The second-order valence-corrected chi connectivity index (χ2v) is 2.54. The van der Waals surface area contributed by atoms with E-state index in [9.17, 15) is 9.59 Å². The van der Waals surface area contributed by atoms with Gasteiger partial charge in [-0.15, -0.1) is 12.4 Å². The van der Waals surface area contributed by atoms with E-state index in [4.69, 9.17) is 4.74 Å². The molecule has 0 aliphatic rings. The molecule has 0 amide bonds. The highest BCUT2D eigenvalue weighted by molar-refractivity contribution is 5.85. The Morgan fingerprint density at radius 3 is 2.13 bits per heavy atom. The molecule has 15 heavy (non-hydrogen) atoms. The summed E-state index contributed by atoms with van der Waals surface area (Å²) in [5.74, 6) is -0.569. The summed E-state index contributed by atoms with van der Waals surface area (Å²) in [6, 6.07) is 0. The Labute approximate surface area is 95.9 Å². The lowest BCUT2D eigenvalue weighted by atomic mass is 10.4. The minimum atomic E-state index is -0.309. The average Bonchev–Trinajstić information content (AvgIpc) is 2.13. The Morgan fingerprint density at radius 1 is 1.07 bits per heavy atom. The largest absolute Gasteiger partial charge is 0.466 e. The third-order valence-corrected chi connectivity index (χ3v) is 1.39. The van der Waals surface area contributed by atoms with Crippen molar-refractivity contribution < 1.29 is 19.1 Å². The molecule has 0 aromatic carbocycles. The number of nitrogens with one attached hydrogen (secondary N) is 1. The summed E-state index contributed by atoms with van der Waals surface area (Å²) in [6.07, 6.45) is 0.271. The highest BCUT2D eigenvalue weighted by Crippen LogP contribution is 1.84. The van der Waals surface area contributed by atoms with E-state index in [-0.39, 0.29) is 37.3 Å². The molecular formula is C9H18ClNO4. The molecule has 1 N–H and O–H groups in total. The van der Waals surface area contributed by atoms with E-state index in [0.717, 1.165) is 0 Å². The van der Waals surface area contributed by atoms with Crippen LogP contribution >= 0.6 is 12.4 Å². The zero-order chi connectivity index (χ0) is 10.8. The molecule has 0 spiro atoms. The molecule has 0 saturated carbocycles. The summed E-state index contributed by atoms with van der Waals surface area (Å²) in [5, 5.41) is 2.78. The molecule has 0 aromatic heterocycles. The molecule has 6 heteroatoms. The Balaban J connectivity index is 0. The molecule has 90 valence electrons. The normalized spacial score (nSPS) is 8.93. The van der Waals surface area contributed by atoms with E-state index in [1.165, 1.54) is 0 Å². The summed E-state index contributed by atoms with van der Waals surface area (Å²) in [6.45, 7) is 4.82. The van der Waals surface area contributed by atoms with Gasteiger partial charge in [-0.05, 0) is 13.8 Å². The standard InChI is InChI=1S/C9H17NO4.ClH/c1-3-13-8(11)5-6-10-7-9(12)14-4-2;/h10H,3-7H2,1-2H3;1H. The van der Waals surface area contributed by atoms with Gasteiger partial charge in [-0.2, -0.15) is 0 Å². The average molecular weight is 240 g/mol. The molecule has 0 radical (unpaired) electrons. The highest BCUT2D eigenvalue weighted by Gasteiger charge is 2.03. The van der Waals surface area contributed by atoms with Gasteiger partial charge in [0.2, 0.25) is 0 Å². The van der Waals surface area contributed by atoms with Gasteiger partial charge in [0.1, 0.15) is 0 Å². The fraction of sp³-hybridized carbons (Fsp3) is 0.778. The molecule has 0 saturated heterocycles. The van der Waals surface area contributed by atoms with Gasteiger partial charge in [-0.3, -0.25) is 9.59 Å². The summed E-state index contributed by atoms with van der Waals surface area (Å²) < 4.78 is 9.38. The molecular weight excluding hydrogens is 222 g/mol. The van der Waals surface area contributed by atoms with Crippen molar-refractivity contribution in [3.63, 3.8) is 0 Å². The topological polar surface area (TPSA) is 64.6 Å². The van der Waals surface area contributed by atoms with Gasteiger partial charge in [-0.25, -0.2) is 0 Å². The van der Waals surface area contributed by atoms with Crippen LogP contribution in [0.4, 0.5) is 0 Å². The Kier molecular flexibility index (Phi) is 12.5. The fourth-order valence-electron chi connectivity index (χ4n) is 0.826. The van der Waals surface area contributed by atoms with Gasteiger partial charge in [0, 0.05) is 6.54 Å². The van der Waals surface area contributed by atoms with Gasteiger partial charge in [0.15, 0.2) is 0 Å². The Hall–Kier alpha value is -0.810. The number of hydrogen-bond acceptors (Lipinski definition) is 5. The molecule has 0 rings (SSSR count). The van der Waals surface area contributed by atoms with Crippen LogP contribution in [0.1, 0.15) is 20.3 Å². The molecule has 0 atom stereocenters.